The van der Waals surface area contributed by atoms with Crippen LogP contribution in [0.4, 0.5) is 0 Å². The average molecular weight is 366 g/mol. The molecule has 2 fully saturated rings. The van der Waals surface area contributed by atoms with Gasteiger partial charge in [0.1, 0.15) is 5.41 Å². The van der Waals surface area contributed by atoms with E-state index in [1.807, 2.05) is 0 Å². The van der Waals surface area contributed by atoms with E-state index >= 15 is 0 Å². The molecule has 1 amide bonds. The van der Waals surface area contributed by atoms with E-state index in [0.29, 0.717) is 25.9 Å². The Kier molecular flexibility index (Phi) is 4.83. The maximum absolute atomic E-state index is 12.6. The van der Waals surface area contributed by atoms with E-state index in [2.05, 4.69) is 5.32 Å². The van der Waals surface area contributed by atoms with Crippen LogP contribution in [0.2, 0.25) is 0 Å². The molecule has 136 valence electrons. The van der Waals surface area contributed by atoms with Gasteiger partial charge >= 0.3 is 5.97 Å². The standard InChI is InChI=1S/C17H22N2O5S/c20-15(17(8-9-17)16(21)22)18-12-13-4-6-14(7-5-13)25(23,24)19-10-2-1-3-11-19/h4-7H,1-3,8-12H2,(H,18,20)(H,21,22). The summed E-state index contributed by atoms with van der Waals surface area (Å²) in [5.41, 5.74) is -0.538. The van der Waals surface area contributed by atoms with Crippen molar-refractivity contribution >= 4 is 21.9 Å². The second-order valence-electron chi connectivity index (χ2n) is 6.68. The predicted octanol–water partition coefficient (Wildman–Crippen LogP) is 1.34. The van der Waals surface area contributed by atoms with Gasteiger partial charge in [-0.05, 0) is 43.4 Å². The molecule has 7 nitrogen and oxygen atoms in total. The Labute approximate surface area is 147 Å². The van der Waals surface area contributed by atoms with Crippen LogP contribution < -0.4 is 5.32 Å². The van der Waals surface area contributed by atoms with Crippen molar-refractivity contribution in [2.24, 2.45) is 5.41 Å². The van der Waals surface area contributed by atoms with Crippen LogP contribution >= 0.6 is 0 Å². The van der Waals surface area contributed by atoms with Crippen molar-refractivity contribution in [2.75, 3.05) is 13.1 Å². The number of carbonyl (C=O) groups excluding carboxylic acids is 1. The Morgan fingerprint density at radius 2 is 1.68 bits per heavy atom. The van der Waals surface area contributed by atoms with Gasteiger partial charge in [-0.25, -0.2) is 8.42 Å². The molecule has 1 heterocycles. The van der Waals surface area contributed by atoms with Crippen molar-refractivity contribution < 1.29 is 23.1 Å². The number of benzene rings is 1. The molecular formula is C17H22N2O5S. The summed E-state index contributed by atoms with van der Waals surface area (Å²) in [6.07, 6.45) is 3.55. The third-order valence-corrected chi connectivity index (χ3v) is 6.84. The topological polar surface area (TPSA) is 104 Å². The molecule has 25 heavy (non-hydrogen) atoms. The molecule has 0 bridgehead atoms. The first-order valence-corrected chi connectivity index (χ1v) is 9.91. The normalized spacial score (nSPS) is 20.0. The molecule has 1 aliphatic carbocycles. The molecule has 8 heteroatoms. The van der Waals surface area contributed by atoms with Gasteiger partial charge in [0, 0.05) is 19.6 Å². The van der Waals surface area contributed by atoms with Gasteiger partial charge in [-0.15, -0.1) is 0 Å². The van der Waals surface area contributed by atoms with Crippen molar-refractivity contribution in [1.29, 1.82) is 0 Å². The molecule has 1 aromatic carbocycles. The van der Waals surface area contributed by atoms with E-state index in [9.17, 15) is 18.0 Å². The number of nitrogens with one attached hydrogen (secondary N) is 1. The largest absolute Gasteiger partial charge is 0.480 e. The number of hydrogen-bond acceptors (Lipinski definition) is 4. The lowest BCUT2D eigenvalue weighted by molar-refractivity contribution is -0.149. The van der Waals surface area contributed by atoms with Crippen LogP contribution in [0, 0.1) is 5.41 Å². The van der Waals surface area contributed by atoms with Gasteiger partial charge in [0.2, 0.25) is 15.9 Å². The minimum atomic E-state index is -3.47. The molecule has 1 saturated carbocycles. The molecular weight excluding hydrogens is 344 g/mol. The zero-order chi connectivity index (χ0) is 18.1. The average Bonchev–Trinajstić information content (AvgIpc) is 3.43. The summed E-state index contributed by atoms with van der Waals surface area (Å²) in [7, 11) is -3.47. The van der Waals surface area contributed by atoms with Crippen LogP contribution in [-0.4, -0.2) is 42.8 Å². The number of piperidine rings is 1. The maximum atomic E-state index is 12.6. The first-order chi connectivity index (χ1) is 11.9. The fourth-order valence-corrected chi connectivity index (χ4v) is 4.57. The first kappa shape index (κ1) is 17.9. The number of carboxylic acid groups (broad SMARTS) is 1. The van der Waals surface area contributed by atoms with Crippen molar-refractivity contribution in [2.45, 2.75) is 43.5 Å². The molecule has 1 saturated heterocycles. The minimum absolute atomic E-state index is 0.178. The van der Waals surface area contributed by atoms with Crippen LogP contribution in [0.15, 0.2) is 29.2 Å². The van der Waals surface area contributed by atoms with E-state index < -0.39 is 27.3 Å². The second kappa shape index (κ2) is 6.76. The maximum Gasteiger partial charge on any atom is 0.319 e. The molecule has 0 aromatic heterocycles. The molecule has 0 radical (unpaired) electrons. The predicted molar refractivity (Wildman–Crippen MR) is 90.2 cm³/mol. The van der Waals surface area contributed by atoms with Gasteiger partial charge in [-0.3, -0.25) is 9.59 Å². The van der Waals surface area contributed by atoms with Crippen molar-refractivity contribution in [3.63, 3.8) is 0 Å². The number of carbonyl (C=O) groups is 2. The number of nitrogens with zero attached hydrogens (tertiary/aromatic N) is 1. The summed E-state index contributed by atoms with van der Waals surface area (Å²) >= 11 is 0. The van der Waals surface area contributed by atoms with Gasteiger partial charge in [0.25, 0.3) is 0 Å². The summed E-state index contributed by atoms with van der Waals surface area (Å²) < 4.78 is 26.7. The molecule has 3 rings (SSSR count). The summed E-state index contributed by atoms with van der Waals surface area (Å²) in [6.45, 7) is 1.28. The zero-order valence-electron chi connectivity index (χ0n) is 13.9. The lowest BCUT2D eigenvalue weighted by Gasteiger charge is -2.25. The first-order valence-electron chi connectivity index (χ1n) is 8.47. The highest BCUT2D eigenvalue weighted by Gasteiger charge is 2.56. The molecule has 1 aromatic rings. The summed E-state index contributed by atoms with van der Waals surface area (Å²) in [5, 5.41) is 11.7. The van der Waals surface area contributed by atoms with Crippen LogP contribution in [0.25, 0.3) is 0 Å². The Morgan fingerprint density at radius 3 is 2.20 bits per heavy atom. The highest BCUT2D eigenvalue weighted by molar-refractivity contribution is 7.89. The van der Waals surface area contributed by atoms with Crippen LogP contribution in [0.1, 0.15) is 37.7 Å². The van der Waals surface area contributed by atoms with E-state index in [0.717, 1.165) is 24.8 Å². The monoisotopic (exact) mass is 366 g/mol. The lowest BCUT2D eigenvalue weighted by Crippen LogP contribution is -2.36. The Balaban J connectivity index is 1.62. The number of aliphatic carboxylic acids is 1. The molecule has 1 aliphatic heterocycles. The third kappa shape index (κ3) is 3.55. The Bertz CT molecular complexity index is 763. The SMILES string of the molecule is O=C(O)C1(C(=O)NCc2ccc(S(=O)(=O)N3CCCCC3)cc2)CC1. The van der Waals surface area contributed by atoms with E-state index in [4.69, 9.17) is 5.11 Å². The molecule has 0 atom stereocenters. The lowest BCUT2D eigenvalue weighted by atomic mass is 10.1. The van der Waals surface area contributed by atoms with Crippen molar-refractivity contribution in [3.8, 4) is 0 Å². The minimum Gasteiger partial charge on any atom is -0.480 e. The van der Waals surface area contributed by atoms with Crippen molar-refractivity contribution in [3.05, 3.63) is 29.8 Å². The van der Waals surface area contributed by atoms with Crippen LogP contribution in [0.3, 0.4) is 0 Å². The number of rotatable bonds is 6. The number of amides is 1. The summed E-state index contributed by atoms with van der Waals surface area (Å²) in [6, 6.07) is 6.37. The molecule has 2 aliphatic rings. The quantitative estimate of drug-likeness (QED) is 0.740. The zero-order valence-corrected chi connectivity index (χ0v) is 14.7. The summed E-state index contributed by atoms with van der Waals surface area (Å²) in [5.74, 6) is -1.57. The van der Waals surface area contributed by atoms with E-state index in [1.54, 1.807) is 12.1 Å². The van der Waals surface area contributed by atoms with Gasteiger partial charge in [-0.2, -0.15) is 4.31 Å². The molecule has 0 unspecified atom stereocenters. The van der Waals surface area contributed by atoms with Gasteiger partial charge in [-0.1, -0.05) is 18.6 Å². The van der Waals surface area contributed by atoms with Crippen LogP contribution in [-0.2, 0) is 26.2 Å². The smallest absolute Gasteiger partial charge is 0.319 e. The number of hydrogen-bond donors (Lipinski definition) is 2. The van der Waals surface area contributed by atoms with E-state index in [-0.39, 0.29) is 11.4 Å². The Hall–Kier alpha value is -1.93. The third-order valence-electron chi connectivity index (χ3n) is 4.92. The fraction of sp³-hybridized carbons (Fsp3) is 0.529. The highest BCUT2D eigenvalue weighted by atomic mass is 32.2. The summed E-state index contributed by atoms with van der Waals surface area (Å²) in [4.78, 5) is 23.3. The number of carboxylic acids is 1. The second-order valence-corrected chi connectivity index (χ2v) is 8.62. The number of sulfonamides is 1. The molecule has 0 spiro atoms. The van der Waals surface area contributed by atoms with Gasteiger partial charge < -0.3 is 10.4 Å². The fourth-order valence-electron chi connectivity index (χ4n) is 3.05. The van der Waals surface area contributed by atoms with Crippen molar-refractivity contribution in [1.82, 2.24) is 9.62 Å². The Morgan fingerprint density at radius 1 is 1.08 bits per heavy atom. The van der Waals surface area contributed by atoms with Gasteiger partial charge in [0.15, 0.2) is 0 Å². The van der Waals surface area contributed by atoms with Crippen LogP contribution in [0.5, 0.6) is 0 Å². The van der Waals surface area contributed by atoms with Gasteiger partial charge in [0.05, 0.1) is 4.90 Å². The molecule has 2 N–H and O–H groups in total. The van der Waals surface area contributed by atoms with E-state index in [1.165, 1.54) is 16.4 Å². The highest BCUT2D eigenvalue weighted by Crippen LogP contribution is 2.46.